The van der Waals surface area contributed by atoms with E-state index in [2.05, 4.69) is 21.2 Å². The molecular formula is C13H9BrClFN2O. The fourth-order valence-electron chi connectivity index (χ4n) is 1.50. The smallest absolute Gasteiger partial charge is 0.257 e. The summed E-state index contributed by atoms with van der Waals surface area (Å²) in [6.45, 7) is 0. The number of halogens is 3. The van der Waals surface area contributed by atoms with Crippen LogP contribution in [-0.4, -0.2) is 5.91 Å². The van der Waals surface area contributed by atoms with Crippen LogP contribution in [0.1, 0.15) is 10.4 Å². The van der Waals surface area contributed by atoms with Crippen LogP contribution in [0.3, 0.4) is 0 Å². The number of rotatable bonds is 2. The van der Waals surface area contributed by atoms with Crippen molar-refractivity contribution in [2.24, 2.45) is 0 Å². The van der Waals surface area contributed by atoms with E-state index in [-0.39, 0.29) is 10.6 Å². The number of hydrogen-bond donors (Lipinski definition) is 2. The Balaban J connectivity index is 2.26. The van der Waals surface area contributed by atoms with E-state index in [9.17, 15) is 9.18 Å². The van der Waals surface area contributed by atoms with Crippen LogP contribution in [0, 0.1) is 5.82 Å². The van der Waals surface area contributed by atoms with Gasteiger partial charge in [0.1, 0.15) is 5.82 Å². The van der Waals surface area contributed by atoms with E-state index in [1.54, 1.807) is 24.3 Å². The highest BCUT2D eigenvalue weighted by Crippen LogP contribution is 2.25. The summed E-state index contributed by atoms with van der Waals surface area (Å²) in [4.78, 5) is 12.0. The topological polar surface area (TPSA) is 55.1 Å². The first-order chi connectivity index (χ1) is 8.99. The van der Waals surface area contributed by atoms with Crippen LogP contribution in [0.5, 0.6) is 0 Å². The van der Waals surface area contributed by atoms with E-state index in [1.165, 1.54) is 12.1 Å². The summed E-state index contributed by atoms with van der Waals surface area (Å²) in [5.74, 6) is -0.907. The van der Waals surface area contributed by atoms with Gasteiger partial charge < -0.3 is 11.1 Å². The van der Waals surface area contributed by atoms with Crippen molar-refractivity contribution in [1.82, 2.24) is 0 Å². The number of nitrogen functional groups attached to an aromatic ring is 1. The molecule has 0 spiro atoms. The molecule has 98 valence electrons. The van der Waals surface area contributed by atoms with E-state index >= 15 is 0 Å². The zero-order chi connectivity index (χ0) is 14.0. The maximum Gasteiger partial charge on any atom is 0.257 e. The van der Waals surface area contributed by atoms with Gasteiger partial charge in [0.25, 0.3) is 5.91 Å². The van der Waals surface area contributed by atoms with Crippen molar-refractivity contribution >= 4 is 44.8 Å². The molecule has 0 atom stereocenters. The second-order valence-electron chi connectivity index (χ2n) is 3.79. The first kappa shape index (κ1) is 13.8. The van der Waals surface area contributed by atoms with Gasteiger partial charge in [-0.1, -0.05) is 17.7 Å². The van der Waals surface area contributed by atoms with Crippen LogP contribution in [0.2, 0.25) is 5.02 Å². The molecule has 2 rings (SSSR count). The number of nitrogens with one attached hydrogen (secondary N) is 1. The van der Waals surface area contributed by atoms with Gasteiger partial charge >= 0.3 is 0 Å². The van der Waals surface area contributed by atoms with Gasteiger partial charge in [0, 0.05) is 5.69 Å². The fraction of sp³-hybridized carbons (Fsp3) is 0. The number of benzene rings is 2. The van der Waals surface area contributed by atoms with E-state index in [0.29, 0.717) is 15.8 Å². The molecule has 0 bridgehead atoms. The maximum absolute atomic E-state index is 13.3. The molecule has 0 aromatic heterocycles. The Kier molecular flexibility index (Phi) is 4.07. The highest BCUT2D eigenvalue weighted by molar-refractivity contribution is 9.10. The van der Waals surface area contributed by atoms with Crippen molar-refractivity contribution in [3.8, 4) is 0 Å². The molecule has 0 fully saturated rings. The van der Waals surface area contributed by atoms with Gasteiger partial charge in [0.05, 0.1) is 20.7 Å². The molecule has 3 N–H and O–H groups in total. The largest absolute Gasteiger partial charge is 0.398 e. The Morgan fingerprint density at radius 3 is 2.74 bits per heavy atom. The fourth-order valence-corrected chi connectivity index (χ4v) is 1.96. The van der Waals surface area contributed by atoms with Gasteiger partial charge in [-0.25, -0.2) is 4.39 Å². The summed E-state index contributed by atoms with van der Waals surface area (Å²) >= 11 is 8.98. The molecule has 2 aromatic rings. The van der Waals surface area contributed by atoms with Crippen LogP contribution in [0.25, 0.3) is 0 Å². The maximum atomic E-state index is 13.3. The minimum Gasteiger partial charge on any atom is -0.398 e. The molecule has 0 saturated heterocycles. The normalized spacial score (nSPS) is 10.3. The summed E-state index contributed by atoms with van der Waals surface area (Å²) in [6.07, 6.45) is 0. The third-order valence-corrected chi connectivity index (χ3v) is 3.52. The van der Waals surface area contributed by atoms with Gasteiger partial charge in [-0.15, -0.1) is 0 Å². The summed E-state index contributed by atoms with van der Waals surface area (Å²) in [7, 11) is 0. The Morgan fingerprint density at radius 2 is 2.05 bits per heavy atom. The molecule has 0 saturated carbocycles. The monoisotopic (exact) mass is 342 g/mol. The zero-order valence-electron chi connectivity index (χ0n) is 9.58. The van der Waals surface area contributed by atoms with Crippen molar-refractivity contribution in [3.05, 3.63) is 57.3 Å². The van der Waals surface area contributed by atoms with Crippen molar-refractivity contribution < 1.29 is 9.18 Å². The summed E-state index contributed by atoms with van der Waals surface area (Å²) in [6, 6.07) is 9.05. The van der Waals surface area contributed by atoms with Gasteiger partial charge in [-0.05, 0) is 46.3 Å². The Bertz CT molecular complexity index is 649. The third-order valence-electron chi connectivity index (χ3n) is 2.45. The lowest BCUT2D eigenvalue weighted by molar-refractivity contribution is 0.102. The van der Waals surface area contributed by atoms with Gasteiger partial charge in [-0.2, -0.15) is 0 Å². The van der Waals surface area contributed by atoms with E-state index in [4.69, 9.17) is 17.3 Å². The average molecular weight is 344 g/mol. The molecule has 6 heteroatoms. The predicted octanol–water partition coefficient (Wildman–Crippen LogP) is 4.08. The lowest BCUT2D eigenvalue weighted by Crippen LogP contribution is -2.13. The van der Waals surface area contributed by atoms with Crippen molar-refractivity contribution in [2.75, 3.05) is 11.1 Å². The molecule has 0 unspecified atom stereocenters. The minimum atomic E-state index is -0.462. The number of hydrogen-bond acceptors (Lipinski definition) is 2. The van der Waals surface area contributed by atoms with Gasteiger partial charge in [0.15, 0.2) is 0 Å². The average Bonchev–Trinajstić information content (AvgIpc) is 2.37. The second-order valence-corrected chi connectivity index (χ2v) is 5.02. The lowest BCUT2D eigenvalue weighted by Gasteiger charge is -2.08. The molecule has 0 aliphatic carbocycles. The van der Waals surface area contributed by atoms with Crippen LogP contribution in [-0.2, 0) is 0 Å². The zero-order valence-corrected chi connectivity index (χ0v) is 11.9. The van der Waals surface area contributed by atoms with Crippen LogP contribution in [0.15, 0.2) is 40.9 Å². The molecule has 0 radical (unpaired) electrons. The molecule has 0 heterocycles. The summed E-state index contributed by atoms with van der Waals surface area (Å²) in [5, 5.41) is 2.73. The molecular weight excluding hydrogens is 335 g/mol. The van der Waals surface area contributed by atoms with E-state index in [0.717, 1.165) is 0 Å². The third kappa shape index (κ3) is 3.05. The quantitative estimate of drug-likeness (QED) is 0.807. The number of carbonyl (C=O) groups is 1. The minimum absolute atomic E-state index is 0.178. The Morgan fingerprint density at radius 1 is 1.32 bits per heavy atom. The van der Waals surface area contributed by atoms with Crippen molar-refractivity contribution in [2.45, 2.75) is 0 Å². The second kappa shape index (κ2) is 5.59. The molecule has 0 aliphatic heterocycles. The molecule has 2 aromatic carbocycles. The molecule has 0 aliphatic rings. The SMILES string of the molecule is Nc1cccc(C(=O)Nc2ccc(Br)c(F)c2)c1Cl. The van der Waals surface area contributed by atoms with Crippen LogP contribution < -0.4 is 11.1 Å². The van der Waals surface area contributed by atoms with Gasteiger partial charge in [0.2, 0.25) is 0 Å². The molecule has 3 nitrogen and oxygen atoms in total. The number of amides is 1. The van der Waals surface area contributed by atoms with E-state index < -0.39 is 11.7 Å². The highest BCUT2D eigenvalue weighted by Gasteiger charge is 2.12. The lowest BCUT2D eigenvalue weighted by atomic mass is 10.2. The Hall–Kier alpha value is -1.59. The number of anilines is 2. The summed E-state index contributed by atoms with van der Waals surface area (Å²) < 4.78 is 13.7. The van der Waals surface area contributed by atoms with Crippen LogP contribution >= 0.6 is 27.5 Å². The molecule has 19 heavy (non-hydrogen) atoms. The first-order valence-corrected chi connectivity index (χ1v) is 6.46. The van der Waals surface area contributed by atoms with Crippen molar-refractivity contribution in [1.29, 1.82) is 0 Å². The van der Waals surface area contributed by atoms with Crippen LogP contribution in [0.4, 0.5) is 15.8 Å². The van der Waals surface area contributed by atoms with E-state index in [1.807, 2.05) is 0 Å². The predicted molar refractivity (Wildman–Crippen MR) is 77.9 cm³/mol. The highest BCUT2D eigenvalue weighted by atomic mass is 79.9. The van der Waals surface area contributed by atoms with Gasteiger partial charge in [-0.3, -0.25) is 4.79 Å². The number of carbonyl (C=O) groups excluding carboxylic acids is 1. The number of nitrogens with two attached hydrogens (primary N) is 1. The first-order valence-electron chi connectivity index (χ1n) is 5.29. The summed E-state index contributed by atoms with van der Waals surface area (Å²) in [5.41, 5.74) is 6.51. The van der Waals surface area contributed by atoms with Crippen molar-refractivity contribution in [3.63, 3.8) is 0 Å². The standard InChI is InChI=1S/C13H9BrClFN2O/c14-9-5-4-7(6-10(9)16)18-13(19)8-2-1-3-11(17)12(8)15/h1-6H,17H2,(H,18,19). The molecule has 1 amide bonds. The Labute approximate surface area is 122 Å².